The number of piperidine rings is 1. The van der Waals surface area contributed by atoms with Crippen LogP contribution >= 0.6 is 0 Å². The van der Waals surface area contributed by atoms with Crippen molar-refractivity contribution in [1.29, 1.82) is 0 Å². The molecule has 1 saturated heterocycles. The van der Waals surface area contributed by atoms with Gasteiger partial charge in [-0.15, -0.1) is 0 Å². The van der Waals surface area contributed by atoms with E-state index in [-0.39, 0.29) is 11.1 Å². The van der Waals surface area contributed by atoms with E-state index in [0.717, 1.165) is 18.8 Å². The summed E-state index contributed by atoms with van der Waals surface area (Å²) in [6.07, 6.45) is 10.2. The van der Waals surface area contributed by atoms with Gasteiger partial charge >= 0.3 is 0 Å². The van der Waals surface area contributed by atoms with Crippen molar-refractivity contribution in [2.45, 2.75) is 90.3 Å². The van der Waals surface area contributed by atoms with Crippen LogP contribution in [0, 0.1) is 12.3 Å². The minimum Gasteiger partial charge on any atom is -0.295 e. The van der Waals surface area contributed by atoms with Gasteiger partial charge in [-0.05, 0) is 78.6 Å². The summed E-state index contributed by atoms with van der Waals surface area (Å²) in [6, 6.07) is 0. The Morgan fingerprint density at radius 3 is 1.94 bits per heavy atom. The monoisotopic (exact) mass is 252 g/mol. The van der Waals surface area contributed by atoms with Crippen molar-refractivity contribution in [3.63, 3.8) is 0 Å². The molecule has 0 spiro atoms. The summed E-state index contributed by atoms with van der Waals surface area (Å²) in [5.74, 6) is 0.889. The topological polar surface area (TPSA) is 12.5 Å². The summed E-state index contributed by atoms with van der Waals surface area (Å²) in [7, 11) is 0. The molecule has 0 bridgehead atoms. The van der Waals surface area contributed by atoms with E-state index in [1.807, 2.05) is 0 Å². The van der Waals surface area contributed by atoms with Crippen molar-refractivity contribution in [2.75, 3.05) is 0 Å². The lowest BCUT2D eigenvalue weighted by atomic mass is 9.82. The maximum absolute atomic E-state index is 6.42. The minimum atomic E-state index is 0.130. The fourth-order valence-corrected chi connectivity index (χ4v) is 3.53. The first kappa shape index (κ1) is 14.3. The summed E-state index contributed by atoms with van der Waals surface area (Å²) in [5, 5.41) is 2.31. The van der Waals surface area contributed by atoms with Crippen molar-refractivity contribution in [2.24, 2.45) is 5.92 Å². The summed E-state index contributed by atoms with van der Waals surface area (Å²) in [6.45, 7) is 11.6. The Hall–Kier alpha value is -0.0800. The van der Waals surface area contributed by atoms with Crippen molar-refractivity contribution >= 4 is 0 Å². The SMILES string of the molecule is CC1CCC(ON2C(C)(C)C[CH]CC2(C)C)CC1. The van der Waals surface area contributed by atoms with Crippen LogP contribution in [-0.4, -0.2) is 22.2 Å². The predicted octanol–water partition coefficient (Wildman–Crippen LogP) is 4.35. The molecule has 1 heterocycles. The van der Waals surface area contributed by atoms with Gasteiger partial charge in [0, 0.05) is 11.1 Å². The Labute approximate surface area is 113 Å². The van der Waals surface area contributed by atoms with E-state index in [0.29, 0.717) is 6.10 Å². The maximum atomic E-state index is 6.42. The average molecular weight is 252 g/mol. The van der Waals surface area contributed by atoms with Gasteiger partial charge in [0.05, 0.1) is 6.10 Å². The van der Waals surface area contributed by atoms with E-state index >= 15 is 0 Å². The molecule has 2 rings (SSSR count). The molecule has 0 aromatic carbocycles. The highest BCUT2D eigenvalue weighted by Crippen LogP contribution is 2.39. The van der Waals surface area contributed by atoms with Gasteiger partial charge in [-0.2, -0.15) is 5.06 Å². The van der Waals surface area contributed by atoms with Gasteiger partial charge in [0.1, 0.15) is 0 Å². The number of hydroxylamine groups is 2. The fourth-order valence-electron chi connectivity index (χ4n) is 3.53. The van der Waals surface area contributed by atoms with E-state index in [9.17, 15) is 0 Å². The average Bonchev–Trinajstić information content (AvgIpc) is 2.25. The van der Waals surface area contributed by atoms with Crippen LogP contribution < -0.4 is 0 Å². The molecule has 0 atom stereocenters. The standard InChI is InChI=1S/C16H30NO/c1-13-7-9-14(10-8-13)18-17-15(2,3)11-6-12-16(17,4)5/h6,13-14H,7-12H2,1-5H3. The van der Waals surface area contributed by atoms with E-state index in [1.54, 1.807) is 0 Å². The summed E-state index contributed by atoms with van der Waals surface area (Å²) < 4.78 is 0. The first-order chi connectivity index (χ1) is 8.31. The van der Waals surface area contributed by atoms with Crippen LogP contribution in [0.1, 0.15) is 73.1 Å². The third-order valence-electron chi connectivity index (χ3n) is 4.60. The zero-order valence-electron chi connectivity index (χ0n) is 12.8. The van der Waals surface area contributed by atoms with Gasteiger partial charge in [0.15, 0.2) is 0 Å². The zero-order chi connectivity index (χ0) is 13.4. The van der Waals surface area contributed by atoms with Crippen molar-refractivity contribution < 1.29 is 4.84 Å². The predicted molar refractivity (Wildman–Crippen MR) is 76.0 cm³/mol. The molecular weight excluding hydrogens is 222 g/mol. The Kier molecular flexibility index (Phi) is 4.08. The molecule has 0 aromatic rings. The zero-order valence-corrected chi connectivity index (χ0v) is 12.8. The van der Waals surface area contributed by atoms with Crippen molar-refractivity contribution in [3.05, 3.63) is 6.42 Å². The Bertz CT molecular complexity index is 261. The Morgan fingerprint density at radius 2 is 1.44 bits per heavy atom. The van der Waals surface area contributed by atoms with Gasteiger partial charge in [0.2, 0.25) is 0 Å². The molecule has 0 unspecified atom stereocenters. The first-order valence-corrected chi connectivity index (χ1v) is 7.60. The quantitative estimate of drug-likeness (QED) is 0.724. The van der Waals surface area contributed by atoms with Crippen LogP contribution in [0.5, 0.6) is 0 Å². The molecular formula is C16H30NO. The fraction of sp³-hybridized carbons (Fsp3) is 0.938. The van der Waals surface area contributed by atoms with Crippen LogP contribution in [0.15, 0.2) is 0 Å². The van der Waals surface area contributed by atoms with Crippen LogP contribution in [0.4, 0.5) is 0 Å². The largest absolute Gasteiger partial charge is 0.295 e. The molecule has 0 aromatic heterocycles. The second-order valence-corrected chi connectivity index (χ2v) is 7.60. The second-order valence-electron chi connectivity index (χ2n) is 7.60. The normalized spacial score (nSPS) is 36.5. The molecule has 1 aliphatic heterocycles. The van der Waals surface area contributed by atoms with Gasteiger partial charge in [-0.3, -0.25) is 4.84 Å². The third-order valence-corrected chi connectivity index (χ3v) is 4.60. The number of nitrogens with zero attached hydrogens (tertiary/aromatic N) is 1. The van der Waals surface area contributed by atoms with Crippen LogP contribution in [0.3, 0.4) is 0 Å². The molecule has 2 aliphatic rings. The highest BCUT2D eigenvalue weighted by atomic mass is 16.7. The number of hydrogen-bond acceptors (Lipinski definition) is 2. The van der Waals surface area contributed by atoms with Gasteiger partial charge in [0.25, 0.3) is 0 Å². The van der Waals surface area contributed by atoms with Crippen LogP contribution in [0.25, 0.3) is 0 Å². The minimum absolute atomic E-state index is 0.130. The van der Waals surface area contributed by atoms with Crippen LogP contribution in [0.2, 0.25) is 0 Å². The van der Waals surface area contributed by atoms with E-state index in [2.05, 4.69) is 46.1 Å². The third kappa shape index (κ3) is 3.08. The van der Waals surface area contributed by atoms with E-state index < -0.39 is 0 Å². The second kappa shape index (κ2) is 5.13. The highest BCUT2D eigenvalue weighted by Gasteiger charge is 2.43. The molecule has 2 heteroatoms. The summed E-state index contributed by atoms with van der Waals surface area (Å²) in [5.41, 5.74) is 0.260. The molecule has 105 valence electrons. The van der Waals surface area contributed by atoms with Crippen molar-refractivity contribution in [3.8, 4) is 0 Å². The first-order valence-electron chi connectivity index (χ1n) is 7.60. The molecule has 18 heavy (non-hydrogen) atoms. The lowest BCUT2D eigenvalue weighted by Gasteiger charge is -2.52. The molecule has 0 N–H and O–H groups in total. The maximum Gasteiger partial charge on any atom is 0.0794 e. The number of rotatable bonds is 2. The molecule has 0 amide bonds. The van der Waals surface area contributed by atoms with E-state index in [4.69, 9.17) is 4.84 Å². The lowest BCUT2D eigenvalue weighted by molar-refractivity contribution is -0.303. The molecule has 1 saturated carbocycles. The number of hydrogen-bond donors (Lipinski definition) is 0. The smallest absolute Gasteiger partial charge is 0.0794 e. The Balaban J connectivity index is 2.00. The summed E-state index contributed by atoms with van der Waals surface area (Å²) in [4.78, 5) is 6.42. The van der Waals surface area contributed by atoms with Crippen LogP contribution in [-0.2, 0) is 4.84 Å². The summed E-state index contributed by atoms with van der Waals surface area (Å²) >= 11 is 0. The highest BCUT2D eigenvalue weighted by molar-refractivity contribution is 5.00. The molecule has 2 fully saturated rings. The van der Waals surface area contributed by atoms with Gasteiger partial charge < -0.3 is 0 Å². The molecule has 1 radical (unpaired) electrons. The van der Waals surface area contributed by atoms with Crippen molar-refractivity contribution in [1.82, 2.24) is 5.06 Å². The van der Waals surface area contributed by atoms with Gasteiger partial charge in [-0.25, -0.2) is 0 Å². The molecule has 2 nitrogen and oxygen atoms in total. The van der Waals surface area contributed by atoms with Gasteiger partial charge in [-0.1, -0.05) is 6.92 Å². The Morgan fingerprint density at radius 1 is 0.944 bits per heavy atom. The molecule has 1 aliphatic carbocycles. The van der Waals surface area contributed by atoms with E-state index in [1.165, 1.54) is 25.7 Å². The lowest BCUT2D eigenvalue weighted by Crippen LogP contribution is -2.59.